The summed E-state index contributed by atoms with van der Waals surface area (Å²) in [7, 11) is -1.76. The van der Waals surface area contributed by atoms with Gasteiger partial charge in [-0.25, -0.2) is 0 Å². The Balaban J connectivity index is 4.52. The molecule has 0 aliphatic rings. The Hall–Kier alpha value is -0.413. The van der Waals surface area contributed by atoms with E-state index in [0.29, 0.717) is 6.42 Å². The maximum Gasteiger partial charge on any atom is 0.192 e. The quantitative estimate of drug-likeness (QED) is 0.385. The van der Waals surface area contributed by atoms with E-state index < -0.39 is 8.32 Å². The molecule has 17 heavy (non-hydrogen) atoms. The van der Waals surface area contributed by atoms with Gasteiger partial charge in [-0.05, 0) is 31.0 Å². The third-order valence-electron chi connectivity index (χ3n) is 3.43. The molecule has 0 spiro atoms. The van der Waals surface area contributed by atoms with Gasteiger partial charge in [-0.15, -0.1) is 0 Å². The lowest BCUT2D eigenvalue weighted by Gasteiger charge is -2.38. The van der Waals surface area contributed by atoms with E-state index in [4.69, 9.17) is 4.43 Å². The van der Waals surface area contributed by atoms with E-state index in [-0.39, 0.29) is 11.1 Å². The van der Waals surface area contributed by atoms with Gasteiger partial charge >= 0.3 is 0 Å². The summed E-state index contributed by atoms with van der Waals surface area (Å²) in [5.74, 6) is 0. The second kappa shape index (κ2) is 7.12. The Labute approximate surface area is 108 Å². The lowest BCUT2D eigenvalue weighted by atomic mass is 10.2. The van der Waals surface area contributed by atoms with Crippen molar-refractivity contribution in [1.29, 1.82) is 0 Å². The summed E-state index contributed by atoms with van der Waals surface area (Å²) < 4.78 is 6.25. The highest BCUT2D eigenvalue weighted by molar-refractivity contribution is 6.74. The maximum absolute atomic E-state index is 10.7. The molecule has 0 aliphatic carbocycles. The highest BCUT2D eigenvalue weighted by Crippen LogP contribution is 2.37. The van der Waals surface area contributed by atoms with Crippen LogP contribution in [0.1, 0.15) is 47.0 Å². The van der Waals surface area contributed by atoms with Crippen molar-refractivity contribution >= 4 is 14.6 Å². The van der Waals surface area contributed by atoms with Crippen molar-refractivity contribution in [2.45, 2.75) is 71.2 Å². The van der Waals surface area contributed by atoms with Crippen LogP contribution < -0.4 is 0 Å². The number of aldehydes is 1. The molecule has 0 saturated carbocycles. The highest BCUT2D eigenvalue weighted by atomic mass is 28.4. The molecule has 2 nitrogen and oxygen atoms in total. The van der Waals surface area contributed by atoms with Crippen LogP contribution in [0.5, 0.6) is 0 Å². The Morgan fingerprint density at radius 3 is 2.18 bits per heavy atom. The van der Waals surface area contributed by atoms with Crippen LogP contribution in [0.15, 0.2) is 12.2 Å². The zero-order chi connectivity index (χ0) is 13.5. The number of allylic oxidation sites excluding steroid dienone is 1. The fraction of sp³-hybridized carbons (Fsp3) is 0.786. The van der Waals surface area contributed by atoms with Crippen LogP contribution in [-0.4, -0.2) is 20.7 Å². The van der Waals surface area contributed by atoms with Gasteiger partial charge in [0.2, 0.25) is 0 Å². The molecule has 0 aromatic heterocycles. The molecule has 100 valence electrons. The average Bonchev–Trinajstić information content (AvgIpc) is 2.16. The number of carbonyl (C=O) groups is 1. The second-order valence-corrected chi connectivity index (χ2v) is 10.8. The van der Waals surface area contributed by atoms with Crippen molar-refractivity contribution in [3.63, 3.8) is 0 Å². The van der Waals surface area contributed by atoms with Gasteiger partial charge in [-0.3, -0.25) is 0 Å². The number of hydrogen-bond donors (Lipinski definition) is 0. The van der Waals surface area contributed by atoms with Crippen molar-refractivity contribution in [1.82, 2.24) is 0 Å². The summed E-state index contributed by atoms with van der Waals surface area (Å²) in [6.07, 6.45) is 7.66. The van der Waals surface area contributed by atoms with Gasteiger partial charge in [-0.1, -0.05) is 39.8 Å². The monoisotopic (exact) mass is 256 g/mol. The normalized spacial score (nSPS) is 15.2. The fourth-order valence-corrected chi connectivity index (χ4v) is 2.69. The second-order valence-electron chi connectivity index (χ2n) is 6.02. The van der Waals surface area contributed by atoms with E-state index in [1.54, 1.807) is 0 Å². The first kappa shape index (κ1) is 16.6. The van der Waals surface area contributed by atoms with Crippen molar-refractivity contribution in [3.05, 3.63) is 12.2 Å². The van der Waals surface area contributed by atoms with Gasteiger partial charge in [0.1, 0.15) is 6.29 Å². The molecule has 1 atom stereocenters. The zero-order valence-electron chi connectivity index (χ0n) is 12.2. The number of hydrogen-bond acceptors (Lipinski definition) is 2. The Morgan fingerprint density at radius 2 is 1.76 bits per heavy atom. The molecule has 0 fully saturated rings. The molecule has 0 N–H and O–H groups in total. The summed E-state index contributed by atoms with van der Waals surface area (Å²) in [4.78, 5) is 10.7. The van der Waals surface area contributed by atoms with Gasteiger partial charge < -0.3 is 9.22 Å². The van der Waals surface area contributed by atoms with Crippen LogP contribution in [0.4, 0.5) is 0 Å². The summed E-state index contributed by atoms with van der Waals surface area (Å²) in [5, 5.41) is 0.197. The van der Waals surface area contributed by atoms with Crippen molar-refractivity contribution in [2.75, 3.05) is 0 Å². The van der Waals surface area contributed by atoms with Gasteiger partial charge in [0.25, 0.3) is 0 Å². The summed E-state index contributed by atoms with van der Waals surface area (Å²) in [5.41, 5.74) is 0. The molecule has 0 rings (SSSR count). The molecule has 0 bridgehead atoms. The lowest BCUT2D eigenvalue weighted by Crippen LogP contribution is -2.44. The topological polar surface area (TPSA) is 26.3 Å². The molecule has 0 radical (unpaired) electrons. The number of carbonyl (C=O) groups excluding carboxylic acids is 1. The largest absolute Gasteiger partial charge is 0.413 e. The zero-order valence-corrected chi connectivity index (χ0v) is 13.2. The van der Waals surface area contributed by atoms with E-state index in [2.05, 4.69) is 52.9 Å². The first-order chi connectivity index (χ1) is 7.74. The van der Waals surface area contributed by atoms with Crippen LogP contribution >= 0.6 is 0 Å². The minimum absolute atomic E-state index is 0.0520. The number of rotatable bonds is 7. The molecule has 0 saturated heterocycles. The molecule has 0 amide bonds. The average molecular weight is 256 g/mol. The predicted molar refractivity (Wildman–Crippen MR) is 76.8 cm³/mol. The first-order valence-corrected chi connectivity index (χ1v) is 9.42. The van der Waals surface area contributed by atoms with Crippen LogP contribution in [0.25, 0.3) is 0 Å². The Bertz CT molecular complexity index is 251. The standard InChI is InChI=1S/C14H28O2Si/c1-7-8-9-10-13(11-12-15)16-17(5,6)14(2,3)4/h8-9,12-13H,7,10-11H2,1-6H3/b9-8-/t13-/m1/s1. The molecule has 0 heterocycles. The first-order valence-electron chi connectivity index (χ1n) is 6.51. The van der Waals surface area contributed by atoms with Crippen LogP contribution in [0.3, 0.4) is 0 Å². The van der Waals surface area contributed by atoms with Crippen molar-refractivity contribution in [2.24, 2.45) is 0 Å². The van der Waals surface area contributed by atoms with E-state index in [1.807, 2.05) is 0 Å². The molecular formula is C14H28O2Si. The van der Waals surface area contributed by atoms with Gasteiger partial charge in [0.15, 0.2) is 8.32 Å². The third kappa shape index (κ3) is 6.17. The van der Waals surface area contributed by atoms with Gasteiger partial charge in [-0.2, -0.15) is 0 Å². The predicted octanol–water partition coefficient (Wildman–Crippen LogP) is 4.32. The fourth-order valence-electron chi connectivity index (χ4n) is 1.31. The molecule has 3 heteroatoms. The molecule has 0 aromatic carbocycles. The van der Waals surface area contributed by atoms with Gasteiger partial charge in [0.05, 0.1) is 6.10 Å². The van der Waals surface area contributed by atoms with E-state index in [0.717, 1.165) is 19.1 Å². The molecule has 0 aliphatic heterocycles. The Morgan fingerprint density at radius 1 is 1.18 bits per heavy atom. The van der Waals surface area contributed by atoms with Crippen LogP contribution in [0.2, 0.25) is 18.1 Å². The Kier molecular flexibility index (Phi) is 6.94. The van der Waals surface area contributed by atoms with E-state index >= 15 is 0 Å². The van der Waals surface area contributed by atoms with E-state index in [1.165, 1.54) is 0 Å². The molecule has 0 unspecified atom stereocenters. The van der Waals surface area contributed by atoms with Crippen LogP contribution in [-0.2, 0) is 9.22 Å². The molecular weight excluding hydrogens is 228 g/mol. The molecule has 0 aromatic rings. The van der Waals surface area contributed by atoms with Gasteiger partial charge in [0, 0.05) is 6.42 Å². The summed E-state index contributed by atoms with van der Waals surface area (Å²) in [6.45, 7) is 13.2. The summed E-state index contributed by atoms with van der Waals surface area (Å²) in [6, 6.07) is 0. The van der Waals surface area contributed by atoms with E-state index in [9.17, 15) is 4.79 Å². The van der Waals surface area contributed by atoms with Crippen LogP contribution in [0, 0.1) is 0 Å². The van der Waals surface area contributed by atoms with Crippen molar-refractivity contribution < 1.29 is 9.22 Å². The minimum atomic E-state index is -1.76. The third-order valence-corrected chi connectivity index (χ3v) is 7.96. The highest BCUT2D eigenvalue weighted by Gasteiger charge is 2.38. The lowest BCUT2D eigenvalue weighted by molar-refractivity contribution is -0.109. The SMILES string of the molecule is CC/C=C\C[C@H](CC=O)O[Si](C)(C)C(C)(C)C. The maximum atomic E-state index is 10.7. The van der Waals surface area contributed by atoms with Crippen molar-refractivity contribution in [3.8, 4) is 0 Å². The minimum Gasteiger partial charge on any atom is -0.413 e. The summed E-state index contributed by atoms with van der Waals surface area (Å²) >= 11 is 0. The smallest absolute Gasteiger partial charge is 0.192 e.